The van der Waals surface area contributed by atoms with Crippen LogP contribution in [-0.2, 0) is 38.4 Å². The van der Waals surface area contributed by atoms with Crippen molar-refractivity contribution >= 4 is 42.3 Å². The van der Waals surface area contributed by atoms with E-state index in [0.29, 0.717) is 11.5 Å². The third kappa shape index (κ3) is 8.93. The summed E-state index contributed by atoms with van der Waals surface area (Å²) < 4.78 is 77.9. The molecule has 0 spiro atoms. The fourth-order valence-corrected chi connectivity index (χ4v) is 8.34. The Kier molecular flexibility index (Phi) is 11.4. The van der Waals surface area contributed by atoms with Gasteiger partial charge >= 0.3 is 6.18 Å². The zero-order valence-electron chi connectivity index (χ0n) is 36.1. The molecular weight excluding hydrogens is 905 g/mol. The van der Waals surface area contributed by atoms with E-state index in [4.69, 9.17) is 9.10 Å². The second kappa shape index (κ2) is 16.5. The second-order valence-corrected chi connectivity index (χ2v) is 17.5. The van der Waals surface area contributed by atoms with Gasteiger partial charge in [0, 0.05) is 62.9 Å². The Bertz CT molecular complexity index is 2620. The minimum Gasteiger partial charge on any atom is -0.304 e. The normalized spacial score (nSPS) is 13.3. The van der Waals surface area contributed by atoms with Crippen LogP contribution in [0.3, 0.4) is 0 Å². The average Bonchev–Trinajstić information content (AvgIpc) is 3.53. The van der Waals surface area contributed by atoms with Crippen LogP contribution in [0.25, 0.3) is 53.5 Å². The summed E-state index contributed by atoms with van der Waals surface area (Å²) in [6.07, 6.45) is -0.790. The number of hydrogen-bond donors (Lipinski definition) is 0. The predicted molar refractivity (Wildman–Crippen MR) is 222 cm³/mol. The maximum Gasteiger partial charge on any atom is 0.394 e. The van der Waals surface area contributed by atoms with Gasteiger partial charge in [-0.3, -0.25) is 9.37 Å². The molecule has 0 aliphatic rings. The first-order valence-corrected chi connectivity index (χ1v) is 19.3. The molecule has 1 radical (unpaired) electrons. The molecule has 4 aromatic carbocycles. The molecule has 0 aliphatic heterocycles. The number of nitrogens with zero attached hydrogens (tertiary/aromatic N) is 2. The maximum absolute atomic E-state index is 13.2. The third-order valence-electron chi connectivity index (χ3n) is 10.1. The van der Waals surface area contributed by atoms with Gasteiger partial charge in [-0.1, -0.05) is 95.8 Å². The van der Waals surface area contributed by atoms with Crippen molar-refractivity contribution in [2.24, 2.45) is 11.3 Å². The molecule has 0 fully saturated rings. The molecule has 0 saturated heterocycles. The van der Waals surface area contributed by atoms with Gasteiger partial charge in [0.25, 0.3) is 0 Å². The zero-order chi connectivity index (χ0) is 42.5. The molecule has 0 aliphatic carbocycles. The number of pyridine rings is 2. The Morgan fingerprint density at radius 2 is 1.54 bits per heavy atom. The summed E-state index contributed by atoms with van der Waals surface area (Å²) in [5.41, 5.74) is 5.95. The fraction of sp³-hybridized carbons (Fsp3) is 0.333. The quantitative estimate of drug-likeness (QED) is 0.123. The summed E-state index contributed by atoms with van der Waals surface area (Å²) in [6, 6.07) is 26.9. The molecule has 8 heteroatoms. The zero-order valence-corrected chi connectivity index (χ0v) is 36.4. The summed E-state index contributed by atoms with van der Waals surface area (Å²) >= 11 is 1.90. The SMILES string of the molecule is Cc1c(CC(C)C)ccc2c1sc1c(-c3[c-]c4ccccc4c(C(C)(C)C)c3)ncc(C)c12.[2H]C([2H])([2H])c1cnc(-c2[c-]cc(F)cc2)cc1CC(C)(C)C(F)(F)F.[Ir]. The van der Waals surface area contributed by atoms with Crippen molar-refractivity contribution in [3.05, 3.63) is 130 Å². The number of halogens is 4. The number of thiophene rings is 1. The number of aromatic nitrogens is 2. The summed E-state index contributed by atoms with van der Waals surface area (Å²) in [5.74, 6) is 0.138. The van der Waals surface area contributed by atoms with Gasteiger partial charge in [-0.05, 0) is 83.8 Å². The minimum atomic E-state index is -4.50. The van der Waals surface area contributed by atoms with Crippen molar-refractivity contribution in [3.8, 4) is 22.5 Å². The predicted octanol–water partition coefficient (Wildman–Crippen LogP) is 14.3. The Balaban J connectivity index is 0.000000230. The van der Waals surface area contributed by atoms with Crippen LogP contribution in [0.2, 0.25) is 0 Å². The van der Waals surface area contributed by atoms with E-state index in [2.05, 4.69) is 108 Å². The Morgan fingerprint density at radius 3 is 2.18 bits per heavy atom. The topological polar surface area (TPSA) is 25.8 Å². The summed E-state index contributed by atoms with van der Waals surface area (Å²) in [4.78, 5) is 8.98. The number of aryl methyl sites for hydroxylation is 3. The molecule has 7 aromatic rings. The number of benzene rings is 4. The molecule has 0 atom stereocenters. The fourth-order valence-electron chi connectivity index (χ4n) is 6.94. The van der Waals surface area contributed by atoms with Gasteiger partial charge in [0.2, 0.25) is 0 Å². The van der Waals surface area contributed by atoms with Crippen molar-refractivity contribution in [2.45, 2.75) is 93.6 Å². The van der Waals surface area contributed by atoms with Crippen LogP contribution >= 0.6 is 11.3 Å². The van der Waals surface area contributed by atoms with Crippen LogP contribution in [0.4, 0.5) is 17.6 Å². The molecule has 0 saturated carbocycles. The molecule has 0 bridgehead atoms. The first kappa shape index (κ1) is 38.9. The van der Waals surface area contributed by atoms with E-state index in [0.717, 1.165) is 49.2 Å². The van der Waals surface area contributed by atoms with Gasteiger partial charge in [0.15, 0.2) is 0 Å². The summed E-state index contributed by atoms with van der Waals surface area (Å²) in [6.45, 7) is 15.4. The van der Waals surface area contributed by atoms with Crippen LogP contribution < -0.4 is 0 Å². The molecule has 7 rings (SSSR count). The van der Waals surface area contributed by atoms with Crippen molar-refractivity contribution in [1.82, 2.24) is 9.97 Å². The number of rotatable bonds is 6. The van der Waals surface area contributed by atoms with Crippen LogP contribution in [0.1, 0.15) is 86.0 Å². The smallest absolute Gasteiger partial charge is 0.304 e. The monoisotopic (exact) mass is 956 g/mol. The van der Waals surface area contributed by atoms with E-state index in [1.165, 1.54) is 66.0 Å². The summed E-state index contributed by atoms with van der Waals surface area (Å²) in [7, 11) is 0. The number of alkyl halides is 3. The minimum absolute atomic E-state index is 0. The standard InChI is InChI=1S/C31H32NS.C17H16F4N.Ir/c1-18(2)14-21-12-13-25-27-19(3)17-32-28(30(27)33-29(25)20(21)4)23-15-22-10-8-9-11-24(22)26(16-23)31(5,6)7;1-11-10-22-15(12-4-6-14(18)7-5-12)8-13(11)9-16(2,3)17(19,20)21;/h8-13,16-18H,14H2,1-7H3;4,6-8,10H,9H2,1-3H3;/q2*-1;/i;1D3;. The van der Waals surface area contributed by atoms with Crippen molar-refractivity contribution in [2.75, 3.05) is 0 Å². The van der Waals surface area contributed by atoms with E-state index in [-0.39, 0.29) is 42.3 Å². The maximum atomic E-state index is 13.2. The number of hydrogen-bond acceptors (Lipinski definition) is 3. The van der Waals surface area contributed by atoms with E-state index in [1.807, 2.05) is 17.5 Å². The van der Waals surface area contributed by atoms with Gasteiger partial charge in [-0.2, -0.15) is 13.2 Å². The Morgan fingerprint density at radius 1 is 0.821 bits per heavy atom. The molecule has 2 nitrogen and oxygen atoms in total. The molecular formula is C48H48F4IrN2S-2. The van der Waals surface area contributed by atoms with Crippen LogP contribution in [-0.4, -0.2) is 16.1 Å². The molecule has 56 heavy (non-hydrogen) atoms. The van der Waals surface area contributed by atoms with Gasteiger partial charge in [0.05, 0.1) is 5.41 Å². The van der Waals surface area contributed by atoms with Crippen molar-refractivity contribution in [1.29, 1.82) is 0 Å². The molecule has 295 valence electrons. The largest absolute Gasteiger partial charge is 0.394 e. The molecule has 0 amide bonds. The van der Waals surface area contributed by atoms with Gasteiger partial charge < -0.3 is 4.98 Å². The first-order valence-electron chi connectivity index (χ1n) is 20.0. The van der Waals surface area contributed by atoms with Crippen LogP contribution in [0.15, 0.2) is 79.1 Å². The third-order valence-corrected chi connectivity index (χ3v) is 11.5. The number of fused-ring (bicyclic) bond motifs is 4. The van der Waals surface area contributed by atoms with Gasteiger partial charge in [-0.15, -0.1) is 70.3 Å². The molecule has 3 heterocycles. The Labute approximate surface area is 350 Å². The second-order valence-electron chi connectivity index (χ2n) is 16.5. The van der Waals surface area contributed by atoms with Crippen LogP contribution in [0.5, 0.6) is 0 Å². The van der Waals surface area contributed by atoms with E-state index in [1.54, 1.807) is 0 Å². The van der Waals surface area contributed by atoms with Gasteiger partial charge in [0.1, 0.15) is 0 Å². The van der Waals surface area contributed by atoms with E-state index in [9.17, 15) is 17.6 Å². The van der Waals surface area contributed by atoms with Crippen molar-refractivity contribution in [3.63, 3.8) is 0 Å². The molecule has 0 N–H and O–H groups in total. The van der Waals surface area contributed by atoms with E-state index < -0.39 is 30.7 Å². The van der Waals surface area contributed by atoms with Crippen molar-refractivity contribution < 1.29 is 41.8 Å². The summed E-state index contributed by atoms with van der Waals surface area (Å²) in [5, 5.41) is 5.14. The van der Waals surface area contributed by atoms with Crippen LogP contribution in [0, 0.1) is 50.0 Å². The van der Waals surface area contributed by atoms with E-state index >= 15 is 0 Å². The van der Waals surface area contributed by atoms with Gasteiger partial charge in [-0.25, -0.2) is 0 Å². The Hall–Kier alpha value is -3.97. The average molecular weight is 956 g/mol. The first-order chi connectivity index (χ1) is 27.0. The molecule has 0 unspecified atom stereocenters. The molecule has 3 aromatic heterocycles.